The van der Waals surface area contributed by atoms with Gasteiger partial charge in [-0.1, -0.05) is 129 Å². The number of hydrogen-bond acceptors (Lipinski definition) is 6. The van der Waals surface area contributed by atoms with E-state index >= 15 is 0 Å². The second-order valence-electron chi connectivity index (χ2n) is 13.2. The maximum atomic E-state index is 13.0. The molecule has 5 N–H and O–H groups in total. The van der Waals surface area contributed by atoms with Crippen LogP contribution in [0.1, 0.15) is 174 Å². The van der Waals surface area contributed by atoms with Crippen molar-refractivity contribution in [2.24, 2.45) is 0 Å². The lowest BCUT2D eigenvalue weighted by molar-refractivity contribution is -0.130. The summed E-state index contributed by atoms with van der Waals surface area (Å²) in [5.74, 6) is -1.87. The number of hydrogen-bond donors (Lipinski definition) is 5. The Balaban J connectivity index is 4.50. The number of carbonyl (C=O) groups is 4. The molecule has 48 heavy (non-hydrogen) atoms. The van der Waals surface area contributed by atoms with Gasteiger partial charge >= 0.3 is 0 Å². The SMILES string of the molecule is CCCCCCCCCCCCNC(=O)CC[C@@H](NC(=O)CCCC(=O)NCCS(=O)(=O)O)C(=O)NCCCCCCCCCCCC. The molecule has 0 heterocycles. The van der Waals surface area contributed by atoms with Gasteiger partial charge in [-0.25, -0.2) is 0 Å². The minimum atomic E-state index is -4.17. The van der Waals surface area contributed by atoms with Crippen LogP contribution >= 0.6 is 0 Å². The first-order valence-electron chi connectivity index (χ1n) is 19.1. The van der Waals surface area contributed by atoms with Crippen LogP contribution in [0.3, 0.4) is 0 Å². The Kier molecular flexibility index (Phi) is 30.5. The van der Waals surface area contributed by atoms with E-state index in [2.05, 4.69) is 35.1 Å². The van der Waals surface area contributed by atoms with Gasteiger partial charge in [-0.3, -0.25) is 23.7 Å². The van der Waals surface area contributed by atoms with Crippen molar-refractivity contribution < 1.29 is 32.1 Å². The lowest BCUT2D eigenvalue weighted by Crippen LogP contribution is -2.47. The Morgan fingerprint density at radius 3 is 1.38 bits per heavy atom. The molecule has 0 rings (SSSR count). The van der Waals surface area contributed by atoms with Crippen LogP contribution < -0.4 is 21.3 Å². The smallest absolute Gasteiger partial charge is 0.266 e. The van der Waals surface area contributed by atoms with Gasteiger partial charge in [0.1, 0.15) is 6.04 Å². The van der Waals surface area contributed by atoms with Gasteiger partial charge in [0.25, 0.3) is 10.1 Å². The third-order valence-corrected chi connectivity index (χ3v) is 9.20. The number of carbonyl (C=O) groups excluding carboxylic acids is 4. The van der Waals surface area contributed by atoms with E-state index in [1.807, 2.05) is 0 Å². The molecule has 1 atom stereocenters. The molecule has 282 valence electrons. The molecule has 0 aliphatic rings. The van der Waals surface area contributed by atoms with Crippen LogP contribution in [-0.2, 0) is 29.3 Å². The van der Waals surface area contributed by atoms with E-state index in [0.717, 1.165) is 32.1 Å². The van der Waals surface area contributed by atoms with E-state index in [-0.39, 0.29) is 50.5 Å². The Morgan fingerprint density at radius 1 is 0.500 bits per heavy atom. The van der Waals surface area contributed by atoms with Crippen molar-refractivity contribution in [1.82, 2.24) is 21.3 Å². The van der Waals surface area contributed by atoms with Gasteiger partial charge in [-0.2, -0.15) is 8.42 Å². The lowest BCUT2D eigenvalue weighted by atomic mass is 10.1. The van der Waals surface area contributed by atoms with E-state index in [1.165, 1.54) is 96.3 Å². The number of amides is 4. The highest BCUT2D eigenvalue weighted by atomic mass is 32.2. The van der Waals surface area contributed by atoms with Crippen LogP contribution in [0.15, 0.2) is 0 Å². The van der Waals surface area contributed by atoms with Gasteiger partial charge in [0, 0.05) is 38.9 Å². The molecule has 0 aliphatic carbocycles. The molecule has 0 aromatic carbocycles. The first kappa shape index (κ1) is 45.8. The molecular weight excluding hydrogens is 632 g/mol. The van der Waals surface area contributed by atoms with Crippen molar-refractivity contribution in [3.63, 3.8) is 0 Å². The minimum absolute atomic E-state index is 0.00111. The van der Waals surface area contributed by atoms with Crippen LogP contribution in [0.4, 0.5) is 0 Å². The molecule has 0 saturated heterocycles. The van der Waals surface area contributed by atoms with Crippen molar-refractivity contribution in [3.05, 3.63) is 0 Å². The zero-order valence-electron chi connectivity index (χ0n) is 30.4. The third-order valence-electron chi connectivity index (χ3n) is 8.48. The second kappa shape index (κ2) is 32.0. The summed E-state index contributed by atoms with van der Waals surface area (Å²) in [6.07, 6.45) is 24.6. The molecule has 11 nitrogen and oxygen atoms in total. The summed E-state index contributed by atoms with van der Waals surface area (Å²) >= 11 is 0. The molecule has 0 radical (unpaired) electrons. The molecule has 0 aromatic heterocycles. The molecule has 0 fully saturated rings. The molecule has 0 bridgehead atoms. The fourth-order valence-corrected chi connectivity index (χ4v) is 5.86. The van der Waals surface area contributed by atoms with E-state index in [4.69, 9.17) is 4.55 Å². The van der Waals surface area contributed by atoms with Crippen molar-refractivity contribution >= 4 is 33.7 Å². The lowest BCUT2D eigenvalue weighted by Gasteiger charge is -2.18. The Hall–Kier alpha value is -2.21. The van der Waals surface area contributed by atoms with Gasteiger partial charge in [-0.05, 0) is 25.7 Å². The van der Waals surface area contributed by atoms with Crippen molar-refractivity contribution in [2.45, 2.75) is 180 Å². The first-order valence-corrected chi connectivity index (χ1v) is 20.8. The van der Waals surface area contributed by atoms with Crippen LogP contribution in [0.5, 0.6) is 0 Å². The molecule has 4 amide bonds. The predicted octanol–water partition coefficient (Wildman–Crippen LogP) is 6.50. The highest BCUT2D eigenvalue weighted by Crippen LogP contribution is 2.11. The fraction of sp³-hybridized carbons (Fsp3) is 0.889. The topological polar surface area (TPSA) is 171 Å². The van der Waals surface area contributed by atoms with Crippen molar-refractivity contribution in [1.29, 1.82) is 0 Å². The van der Waals surface area contributed by atoms with Crippen molar-refractivity contribution in [2.75, 3.05) is 25.4 Å². The minimum Gasteiger partial charge on any atom is -0.356 e. The third kappa shape index (κ3) is 32.3. The molecular formula is C36H70N4O7S. The maximum absolute atomic E-state index is 13.0. The zero-order valence-corrected chi connectivity index (χ0v) is 31.2. The zero-order chi connectivity index (χ0) is 35.7. The summed E-state index contributed by atoms with van der Waals surface area (Å²) in [5, 5.41) is 11.0. The highest BCUT2D eigenvalue weighted by Gasteiger charge is 2.21. The maximum Gasteiger partial charge on any atom is 0.266 e. The Morgan fingerprint density at radius 2 is 0.896 bits per heavy atom. The highest BCUT2D eigenvalue weighted by molar-refractivity contribution is 7.85. The summed E-state index contributed by atoms with van der Waals surface area (Å²) in [6, 6.07) is -0.854. The molecule has 0 aliphatic heterocycles. The second-order valence-corrected chi connectivity index (χ2v) is 14.7. The Labute approximate surface area is 292 Å². The predicted molar refractivity (Wildman–Crippen MR) is 194 cm³/mol. The first-order chi connectivity index (χ1) is 23.1. The van der Waals surface area contributed by atoms with E-state index in [0.29, 0.717) is 13.1 Å². The Bertz CT molecular complexity index is 947. The summed E-state index contributed by atoms with van der Waals surface area (Å²) in [5.41, 5.74) is 0. The van der Waals surface area contributed by atoms with E-state index in [9.17, 15) is 27.6 Å². The van der Waals surface area contributed by atoms with Gasteiger partial charge < -0.3 is 21.3 Å². The number of unbranched alkanes of at least 4 members (excludes halogenated alkanes) is 18. The monoisotopic (exact) mass is 702 g/mol. The summed E-state index contributed by atoms with van der Waals surface area (Å²) in [4.78, 5) is 50.0. The molecule has 0 saturated carbocycles. The van der Waals surface area contributed by atoms with Gasteiger partial charge in [0.05, 0.1) is 5.75 Å². The summed E-state index contributed by atoms with van der Waals surface area (Å²) in [6.45, 7) is 5.34. The average Bonchev–Trinajstić information content (AvgIpc) is 3.03. The van der Waals surface area contributed by atoms with Crippen LogP contribution in [0.25, 0.3) is 0 Å². The standard InChI is InChI=1S/C36H70N4O7S/c1-3-5-7-9-11-13-15-17-19-21-28-37-34(42)27-26-32(36(44)39-29-22-20-18-16-14-12-10-8-6-4-2)40-35(43)25-23-24-33(41)38-30-31-48(45,46)47/h32H,3-31H2,1-2H3,(H,37,42)(H,38,41)(H,39,44)(H,40,43)(H,45,46,47)/t32-/m1/s1. The largest absolute Gasteiger partial charge is 0.356 e. The number of rotatable bonds is 34. The van der Waals surface area contributed by atoms with Crippen LogP contribution in [0, 0.1) is 0 Å². The summed E-state index contributed by atoms with van der Waals surface area (Å²) < 4.78 is 30.3. The molecule has 0 spiro atoms. The summed E-state index contributed by atoms with van der Waals surface area (Å²) in [7, 11) is -4.17. The van der Waals surface area contributed by atoms with Crippen LogP contribution in [0.2, 0.25) is 0 Å². The quantitative estimate of drug-likeness (QED) is 0.0376. The number of nitrogens with one attached hydrogen (secondary N) is 4. The molecule has 0 aromatic rings. The normalized spacial score (nSPS) is 12.0. The van der Waals surface area contributed by atoms with Crippen LogP contribution in [-0.4, -0.2) is 68.0 Å². The molecule has 0 unspecified atom stereocenters. The van der Waals surface area contributed by atoms with E-state index < -0.39 is 33.7 Å². The van der Waals surface area contributed by atoms with Gasteiger partial charge in [-0.15, -0.1) is 0 Å². The van der Waals surface area contributed by atoms with Gasteiger partial charge in [0.15, 0.2) is 0 Å². The fourth-order valence-electron chi connectivity index (χ4n) is 5.50. The van der Waals surface area contributed by atoms with Crippen molar-refractivity contribution in [3.8, 4) is 0 Å². The molecule has 12 heteroatoms. The van der Waals surface area contributed by atoms with Gasteiger partial charge in [0.2, 0.25) is 23.6 Å². The average molecular weight is 703 g/mol. The van der Waals surface area contributed by atoms with E-state index in [1.54, 1.807) is 0 Å².